The van der Waals surface area contributed by atoms with E-state index in [1.165, 1.54) is 0 Å². The molecule has 94 valence electrons. The molecule has 0 aliphatic rings. The van der Waals surface area contributed by atoms with Gasteiger partial charge in [-0.05, 0) is 42.8 Å². The van der Waals surface area contributed by atoms with Gasteiger partial charge in [0.25, 0.3) is 0 Å². The fourth-order valence-electron chi connectivity index (χ4n) is 2.08. The maximum absolute atomic E-state index is 6.38. The highest BCUT2D eigenvalue weighted by Gasteiger charge is 2.16. The van der Waals surface area contributed by atoms with Crippen molar-refractivity contribution in [2.45, 2.75) is 13.0 Å². The average molecular weight is 280 g/mol. The van der Waals surface area contributed by atoms with Gasteiger partial charge in [0, 0.05) is 10.0 Å². The first-order valence-corrected chi connectivity index (χ1v) is 6.57. The highest BCUT2D eigenvalue weighted by atomic mass is 35.5. The highest BCUT2D eigenvalue weighted by Crippen LogP contribution is 2.31. The van der Waals surface area contributed by atoms with E-state index in [1.807, 2.05) is 56.4 Å². The summed E-state index contributed by atoms with van der Waals surface area (Å²) in [6, 6.07) is 13.9. The molecule has 0 fully saturated rings. The van der Waals surface area contributed by atoms with Crippen LogP contribution in [0.2, 0.25) is 10.0 Å². The van der Waals surface area contributed by atoms with Crippen LogP contribution in [0.4, 0.5) is 0 Å². The summed E-state index contributed by atoms with van der Waals surface area (Å²) in [5, 5.41) is 4.82. The second kappa shape index (κ2) is 5.75. The van der Waals surface area contributed by atoms with Gasteiger partial charge in [0.2, 0.25) is 0 Å². The molecule has 2 aromatic rings. The van der Waals surface area contributed by atoms with Crippen molar-refractivity contribution in [3.8, 4) is 0 Å². The molecule has 2 aromatic carbocycles. The fourth-order valence-corrected chi connectivity index (χ4v) is 2.51. The molecule has 0 aromatic heterocycles. The van der Waals surface area contributed by atoms with Crippen LogP contribution < -0.4 is 5.32 Å². The van der Waals surface area contributed by atoms with Crippen LogP contribution in [0.3, 0.4) is 0 Å². The smallest absolute Gasteiger partial charge is 0.0589 e. The van der Waals surface area contributed by atoms with E-state index in [1.54, 1.807) is 0 Å². The molecule has 1 unspecified atom stereocenters. The molecule has 3 heteroatoms. The van der Waals surface area contributed by atoms with Gasteiger partial charge in [-0.1, -0.05) is 53.5 Å². The molecule has 0 saturated heterocycles. The van der Waals surface area contributed by atoms with Crippen LogP contribution in [0.1, 0.15) is 22.7 Å². The van der Waals surface area contributed by atoms with Gasteiger partial charge in [-0.25, -0.2) is 0 Å². The lowest BCUT2D eigenvalue weighted by Gasteiger charge is -2.19. The SMILES string of the molecule is CNC(c1cccc(Cl)c1)c1cccc(C)c1Cl. The Bertz CT molecular complexity index is 552. The van der Waals surface area contributed by atoms with Crippen LogP contribution in [0.5, 0.6) is 0 Å². The largest absolute Gasteiger partial charge is 0.309 e. The van der Waals surface area contributed by atoms with Crippen molar-refractivity contribution in [1.82, 2.24) is 5.32 Å². The third-order valence-electron chi connectivity index (χ3n) is 3.00. The van der Waals surface area contributed by atoms with Crippen LogP contribution in [0.25, 0.3) is 0 Å². The minimum absolute atomic E-state index is 0.0519. The van der Waals surface area contributed by atoms with E-state index in [9.17, 15) is 0 Å². The predicted octanol–water partition coefficient (Wildman–Crippen LogP) is 4.61. The second-order valence-electron chi connectivity index (χ2n) is 4.25. The molecule has 0 spiro atoms. The fraction of sp³-hybridized carbons (Fsp3) is 0.200. The van der Waals surface area contributed by atoms with E-state index in [-0.39, 0.29) is 6.04 Å². The summed E-state index contributed by atoms with van der Waals surface area (Å²) in [7, 11) is 1.92. The van der Waals surface area contributed by atoms with E-state index in [0.29, 0.717) is 0 Å². The Labute approximate surface area is 118 Å². The number of rotatable bonds is 3. The third-order valence-corrected chi connectivity index (χ3v) is 3.75. The third kappa shape index (κ3) is 2.69. The van der Waals surface area contributed by atoms with E-state index in [2.05, 4.69) is 5.32 Å². The van der Waals surface area contributed by atoms with E-state index in [0.717, 1.165) is 26.7 Å². The standard InChI is InChI=1S/C15H15Cl2N/c1-10-5-3-8-13(14(10)17)15(18-2)11-6-4-7-12(16)9-11/h3-9,15,18H,1-2H3. The van der Waals surface area contributed by atoms with Crippen LogP contribution >= 0.6 is 23.2 Å². The van der Waals surface area contributed by atoms with Gasteiger partial charge in [-0.3, -0.25) is 0 Å². The number of hydrogen-bond acceptors (Lipinski definition) is 1. The van der Waals surface area contributed by atoms with Gasteiger partial charge in [0.15, 0.2) is 0 Å². The topological polar surface area (TPSA) is 12.0 Å². The second-order valence-corrected chi connectivity index (χ2v) is 5.07. The molecule has 2 rings (SSSR count). The summed E-state index contributed by atoms with van der Waals surface area (Å²) >= 11 is 12.4. The Morgan fingerprint density at radius 3 is 2.44 bits per heavy atom. The van der Waals surface area contributed by atoms with Crippen LogP contribution in [-0.4, -0.2) is 7.05 Å². The van der Waals surface area contributed by atoms with Crippen molar-refractivity contribution >= 4 is 23.2 Å². The lowest BCUT2D eigenvalue weighted by molar-refractivity contribution is 0.691. The number of hydrogen-bond donors (Lipinski definition) is 1. The van der Waals surface area contributed by atoms with E-state index >= 15 is 0 Å². The minimum atomic E-state index is 0.0519. The molecule has 1 N–H and O–H groups in total. The molecular weight excluding hydrogens is 265 g/mol. The zero-order chi connectivity index (χ0) is 13.1. The lowest BCUT2D eigenvalue weighted by atomic mass is 9.97. The molecule has 0 heterocycles. The molecule has 0 aliphatic carbocycles. The van der Waals surface area contributed by atoms with Crippen molar-refractivity contribution in [1.29, 1.82) is 0 Å². The van der Waals surface area contributed by atoms with Crippen molar-refractivity contribution < 1.29 is 0 Å². The lowest BCUT2D eigenvalue weighted by Crippen LogP contribution is -2.18. The van der Waals surface area contributed by atoms with Crippen molar-refractivity contribution in [3.05, 3.63) is 69.2 Å². The first-order valence-electron chi connectivity index (χ1n) is 5.81. The van der Waals surface area contributed by atoms with Crippen LogP contribution in [0.15, 0.2) is 42.5 Å². The summed E-state index contributed by atoms with van der Waals surface area (Å²) in [6.07, 6.45) is 0. The van der Waals surface area contributed by atoms with Gasteiger partial charge in [-0.2, -0.15) is 0 Å². The first-order chi connectivity index (χ1) is 8.63. The Balaban J connectivity index is 2.49. The van der Waals surface area contributed by atoms with Crippen molar-refractivity contribution in [3.63, 3.8) is 0 Å². The Hall–Kier alpha value is -1.02. The zero-order valence-corrected chi connectivity index (χ0v) is 11.9. The maximum atomic E-state index is 6.38. The molecule has 0 aliphatic heterocycles. The predicted molar refractivity (Wildman–Crippen MR) is 78.5 cm³/mol. The van der Waals surface area contributed by atoms with Gasteiger partial charge >= 0.3 is 0 Å². The highest BCUT2D eigenvalue weighted by molar-refractivity contribution is 6.32. The minimum Gasteiger partial charge on any atom is -0.309 e. The maximum Gasteiger partial charge on any atom is 0.0589 e. The monoisotopic (exact) mass is 279 g/mol. The van der Waals surface area contributed by atoms with Gasteiger partial charge in [-0.15, -0.1) is 0 Å². The number of aryl methyl sites for hydroxylation is 1. The van der Waals surface area contributed by atoms with Gasteiger partial charge in [0.05, 0.1) is 6.04 Å². The molecule has 0 saturated carbocycles. The van der Waals surface area contributed by atoms with Crippen molar-refractivity contribution in [2.75, 3.05) is 7.05 Å². The summed E-state index contributed by atoms with van der Waals surface area (Å²) in [5.74, 6) is 0. The normalized spacial score (nSPS) is 12.4. The molecular formula is C15H15Cl2N. The number of benzene rings is 2. The van der Waals surface area contributed by atoms with Crippen LogP contribution in [0, 0.1) is 6.92 Å². The van der Waals surface area contributed by atoms with Gasteiger partial charge in [0.1, 0.15) is 0 Å². The summed E-state index contributed by atoms with van der Waals surface area (Å²) < 4.78 is 0. The Morgan fingerprint density at radius 1 is 1.06 bits per heavy atom. The van der Waals surface area contributed by atoms with Crippen molar-refractivity contribution in [2.24, 2.45) is 0 Å². The first kappa shape index (κ1) is 13.4. The van der Waals surface area contributed by atoms with Crippen LogP contribution in [-0.2, 0) is 0 Å². The van der Waals surface area contributed by atoms with Gasteiger partial charge < -0.3 is 5.32 Å². The summed E-state index contributed by atoms with van der Waals surface area (Å²) in [5.41, 5.74) is 3.26. The quantitative estimate of drug-likeness (QED) is 0.865. The number of nitrogens with one attached hydrogen (secondary N) is 1. The summed E-state index contributed by atoms with van der Waals surface area (Å²) in [4.78, 5) is 0. The molecule has 18 heavy (non-hydrogen) atoms. The molecule has 1 atom stereocenters. The average Bonchev–Trinajstić information content (AvgIpc) is 2.35. The molecule has 1 nitrogen and oxygen atoms in total. The molecule has 0 amide bonds. The van der Waals surface area contributed by atoms with E-state index in [4.69, 9.17) is 23.2 Å². The Morgan fingerprint density at radius 2 is 1.78 bits per heavy atom. The molecule has 0 bridgehead atoms. The van der Waals surface area contributed by atoms with E-state index < -0.39 is 0 Å². The number of halogens is 2. The zero-order valence-electron chi connectivity index (χ0n) is 10.4. The molecule has 0 radical (unpaired) electrons. The summed E-state index contributed by atoms with van der Waals surface area (Å²) in [6.45, 7) is 2.01. The Kier molecular flexibility index (Phi) is 4.28.